The van der Waals surface area contributed by atoms with Crippen molar-refractivity contribution in [3.63, 3.8) is 0 Å². The first-order valence-corrected chi connectivity index (χ1v) is 5.18. The molecule has 1 saturated heterocycles. The number of nitrogens with one attached hydrogen (secondary N) is 1. The van der Waals surface area contributed by atoms with E-state index < -0.39 is 0 Å². The van der Waals surface area contributed by atoms with E-state index in [-0.39, 0.29) is 0 Å². The third-order valence-corrected chi connectivity index (χ3v) is 3.23. The monoisotopic (exact) mass is 183 g/mol. The van der Waals surface area contributed by atoms with E-state index in [9.17, 15) is 0 Å². The molecule has 2 rings (SSSR count). The molecular formula is C8H13N3S. The Labute approximate surface area is 76.2 Å². The summed E-state index contributed by atoms with van der Waals surface area (Å²) in [4.78, 5) is 0. The minimum absolute atomic E-state index is 0.664. The number of rotatable bonds is 1. The fourth-order valence-corrected chi connectivity index (χ4v) is 2.41. The van der Waals surface area contributed by atoms with Gasteiger partial charge in [0, 0.05) is 5.92 Å². The van der Waals surface area contributed by atoms with E-state index in [1.807, 2.05) is 6.92 Å². The maximum absolute atomic E-state index is 4.18. The van der Waals surface area contributed by atoms with E-state index in [2.05, 4.69) is 15.5 Å². The number of hydrogen-bond acceptors (Lipinski definition) is 4. The fourth-order valence-electron chi connectivity index (χ4n) is 1.55. The van der Waals surface area contributed by atoms with Crippen LogP contribution in [-0.4, -0.2) is 23.3 Å². The average Bonchev–Trinajstić information content (AvgIpc) is 2.54. The van der Waals surface area contributed by atoms with Crippen LogP contribution in [0.4, 0.5) is 0 Å². The van der Waals surface area contributed by atoms with Crippen LogP contribution >= 0.6 is 11.3 Å². The highest BCUT2D eigenvalue weighted by Gasteiger charge is 2.18. The molecule has 0 saturated carbocycles. The topological polar surface area (TPSA) is 37.8 Å². The molecule has 1 aromatic rings. The molecular weight excluding hydrogens is 170 g/mol. The zero-order valence-electron chi connectivity index (χ0n) is 7.21. The van der Waals surface area contributed by atoms with E-state index in [0.717, 1.165) is 18.1 Å². The van der Waals surface area contributed by atoms with Gasteiger partial charge in [-0.1, -0.05) is 0 Å². The minimum atomic E-state index is 0.664. The molecule has 2 heterocycles. The predicted molar refractivity (Wildman–Crippen MR) is 49.5 cm³/mol. The van der Waals surface area contributed by atoms with Gasteiger partial charge in [-0.25, -0.2) is 0 Å². The Morgan fingerprint density at radius 2 is 2.08 bits per heavy atom. The van der Waals surface area contributed by atoms with E-state index in [1.165, 1.54) is 17.8 Å². The highest BCUT2D eigenvalue weighted by molar-refractivity contribution is 7.11. The lowest BCUT2D eigenvalue weighted by Gasteiger charge is -2.19. The minimum Gasteiger partial charge on any atom is -0.317 e. The fraction of sp³-hybridized carbons (Fsp3) is 0.750. The first kappa shape index (κ1) is 8.13. The SMILES string of the molecule is Cc1nnc(C2CCNCC2)s1. The Hall–Kier alpha value is -0.480. The average molecular weight is 183 g/mol. The van der Waals surface area contributed by atoms with Crippen molar-refractivity contribution in [1.29, 1.82) is 0 Å². The summed E-state index contributed by atoms with van der Waals surface area (Å²) in [7, 11) is 0. The van der Waals surface area contributed by atoms with Gasteiger partial charge in [0.1, 0.15) is 10.0 Å². The molecule has 12 heavy (non-hydrogen) atoms. The summed E-state index contributed by atoms with van der Waals surface area (Å²) in [5, 5.41) is 13.9. The summed E-state index contributed by atoms with van der Waals surface area (Å²) < 4.78 is 0. The van der Waals surface area contributed by atoms with Gasteiger partial charge in [-0.15, -0.1) is 21.5 Å². The van der Waals surface area contributed by atoms with Gasteiger partial charge in [0.2, 0.25) is 0 Å². The third-order valence-electron chi connectivity index (χ3n) is 2.23. The van der Waals surface area contributed by atoms with Crippen molar-refractivity contribution >= 4 is 11.3 Å². The first-order chi connectivity index (χ1) is 5.86. The lowest BCUT2D eigenvalue weighted by atomic mass is 9.99. The molecule has 0 unspecified atom stereocenters. The molecule has 4 heteroatoms. The molecule has 66 valence electrons. The number of nitrogens with zero attached hydrogens (tertiary/aromatic N) is 2. The van der Waals surface area contributed by atoms with Crippen molar-refractivity contribution in [1.82, 2.24) is 15.5 Å². The zero-order chi connectivity index (χ0) is 8.39. The quantitative estimate of drug-likeness (QED) is 0.713. The van der Waals surface area contributed by atoms with Crippen LogP contribution in [-0.2, 0) is 0 Å². The van der Waals surface area contributed by atoms with Crippen molar-refractivity contribution in [2.45, 2.75) is 25.7 Å². The molecule has 0 radical (unpaired) electrons. The van der Waals surface area contributed by atoms with Crippen molar-refractivity contribution in [3.8, 4) is 0 Å². The summed E-state index contributed by atoms with van der Waals surface area (Å²) in [6.45, 7) is 4.27. The van der Waals surface area contributed by atoms with Crippen LogP contribution in [0.1, 0.15) is 28.8 Å². The molecule has 0 amide bonds. The molecule has 0 spiro atoms. The molecule has 1 aromatic heterocycles. The Morgan fingerprint density at radius 1 is 1.33 bits per heavy atom. The lowest BCUT2D eigenvalue weighted by Crippen LogP contribution is -2.26. The number of aryl methyl sites for hydroxylation is 1. The van der Waals surface area contributed by atoms with Gasteiger partial charge in [0.05, 0.1) is 0 Å². The van der Waals surface area contributed by atoms with Crippen LogP contribution in [0.3, 0.4) is 0 Å². The normalized spacial score (nSPS) is 19.8. The molecule has 0 bridgehead atoms. The van der Waals surface area contributed by atoms with Gasteiger partial charge in [-0.05, 0) is 32.9 Å². The van der Waals surface area contributed by atoms with Crippen molar-refractivity contribution in [2.24, 2.45) is 0 Å². The van der Waals surface area contributed by atoms with E-state index in [4.69, 9.17) is 0 Å². The second kappa shape index (κ2) is 3.49. The van der Waals surface area contributed by atoms with Gasteiger partial charge in [-0.3, -0.25) is 0 Å². The molecule has 0 aliphatic carbocycles. The summed E-state index contributed by atoms with van der Waals surface area (Å²) in [5.74, 6) is 0.664. The molecule has 1 aliphatic rings. The Balaban J connectivity index is 2.08. The van der Waals surface area contributed by atoms with Crippen LogP contribution in [0.5, 0.6) is 0 Å². The van der Waals surface area contributed by atoms with Crippen molar-refractivity contribution < 1.29 is 0 Å². The number of hydrogen-bond donors (Lipinski definition) is 1. The maximum Gasteiger partial charge on any atom is 0.120 e. The largest absolute Gasteiger partial charge is 0.317 e. The van der Waals surface area contributed by atoms with E-state index >= 15 is 0 Å². The molecule has 1 N–H and O–H groups in total. The van der Waals surface area contributed by atoms with Crippen molar-refractivity contribution in [3.05, 3.63) is 10.0 Å². The smallest absolute Gasteiger partial charge is 0.120 e. The summed E-state index contributed by atoms with van der Waals surface area (Å²) in [6.07, 6.45) is 2.43. The maximum atomic E-state index is 4.18. The predicted octanol–water partition coefficient (Wildman–Crippen LogP) is 1.31. The first-order valence-electron chi connectivity index (χ1n) is 4.37. The molecule has 1 fully saturated rings. The van der Waals surface area contributed by atoms with Gasteiger partial charge < -0.3 is 5.32 Å². The zero-order valence-corrected chi connectivity index (χ0v) is 8.02. The molecule has 3 nitrogen and oxygen atoms in total. The second-order valence-electron chi connectivity index (χ2n) is 3.18. The Kier molecular flexibility index (Phi) is 2.37. The van der Waals surface area contributed by atoms with Crippen molar-refractivity contribution in [2.75, 3.05) is 13.1 Å². The summed E-state index contributed by atoms with van der Waals surface area (Å²) in [5.41, 5.74) is 0. The highest BCUT2D eigenvalue weighted by Crippen LogP contribution is 2.27. The standard InChI is InChI=1S/C8H13N3S/c1-6-10-11-8(12-6)7-2-4-9-5-3-7/h7,9H,2-5H2,1H3. The number of piperidine rings is 1. The number of aromatic nitrogens is 2. The van der Waals surface area contributed by atoms with Gasteiger partial charge in [-0.2, -0.15) is 0 Å². The van der Waals surface area contributed by atoms with E-state index in [0.29, 0.717) is 5.92 Å². The summed E-state index contributed by atoms with van der Waals surface area (Å²) in [6, 6.07) is 0. The van der Waals surface area contributed by atoms with Crippen LogP contribution in [0.25, 0.3) is 0 Å². The van der Waals surface area contributed by atoms with Crippen LogP contribution in [0.2, 0.25) is 0 Å². The Bertz CT molecular complexity index is 253. The third kappa shape index (κ3) is 1.64. The van der Waals surface area contributed by atoms with Gasteiger partial charge >= 0.3 is 0 Å². The Morgan fingerprint density at radius 3 is 2.67 bits per heavy atom. The van der Waals surface area contributed by atoms with Crippen LogP contribution in [0, 0.1) is 6.92 Å². The van der Waals surface area contributed by atoms with Crippen LogP contribution in [0.15, 0.2) is 0 Å². The highest BCUT2D eigenvalue weighted by atomic mass is 32.1. The molecule has 0 atom stereocenters. The summed E-state index contributed by atoms with van der Waals surface area (Å²) >= 11 is 1.74. The lowest BCUT2D eigenvalue weighted by molar-refractivity contribution is 0.457. The van der Waals surface area contributed by atoms with E-state index in [1.54, 1.807) is 11.3 Å². The molecule has 1 aliphatic heterocycles. The van der Waals surface area contributed by atoms with Gasteiger partial charge in [0.25, 0.3) is 0 Å². The van der Waals surface area contributed by atoms with Crippen LogP contribution < -0.4 is 5.32 Å². The van der Waals surface area contributed by atoms with Gasteiger partial charge in [0.15, 0.2) is 0 Å². The molecule has 0 aromatic carbocycles. The second-order valence-corrected chi connectivity index (χ2v) is 4.40.